The van der Waals surface area contributed by atoms with Crippen molar-refractivity contribution in [2.75, 3.05) is 32.0 Å². The molecule has 0 bridgehead atoms. The van der Waals surface area contributed by atoms with E-state index in [0.717, 1.165) is 17.9 Å². The van der Waals surface area contributed by atoms with Crippen LogP contribution in [-0.2, 0) is 4.79 Å². The zero-order valence-corrected chi connectivity index (χ0v) is 13.3. The van der Waals surface area contributed by atoms with Gasteiger partial charge in [-0.2, -0.15) is 0 Å². The molecule has 6 heteroatoms. The van der Waals surface area contributed by atoms with Crippen LogP contribution < -0.4 is 10.1 Å². The number of nitrogens with zero attached hydrogens (tertiary/aromatic N) is 1. The van der Waals surface area contributed by atoms with E-state index >= 15 is 0 Å². The van der Waals surface area contributed by atoms with E-state index in [-0.39, 0.29) is 5.37 Å². The number of thioether (sulfide) groups is 1. The number of ether oxygens (including phenoxy) is 1. The van der Waals surface area contributed by atoms with Crippen molar-refractivity contribution in [3.63, 3.8) is 0 Å². The lowest BCUT2D eigenvalue weighted by Gasteiger charge is -2.19. The Morgan fingerprint density at radius 2 is 2.14 bits per heavy atom. The number of carboxylic acid groups (broad SMARTS) is 1. The highest BCUT2D eigenvalue weighted by molar-refractivity contribution is 7.99. The molecule has 2 saturated heterocycles. The highest BCUT2D eigenvalue weighted by Gasteiger charge is 2.31. The molecule has 0 saturated carbocycles. The molecule has 2 unspecified atom stereocenters. The van der Waals surface area contributed by atoms with Crippen molar-refractivity contribution >= 4 is 17.7 Å². The van der Waals surface area contributed by atoms with Crippen molar-refractivity contribution in [3.8, 4) is 5.75 Å². The van der Waals surface area contributed by atoms with Crippen molar-refractivity contribution < 1.29 is 14.6 Å². The van der Waals surface area contributed by atoms with E-state index in [0.29, 0.717) is 12.4 Å². The van der Waals surface area contributed by atoms with Crippen LogP contribution in [0.2, 0.25) is 0 Å². The molecule has 1 aromatic rings. The Bertz CT molecular complexity index is 520. The largest absolute Gasteiger partial charge is 0.492 e. The van der Waals surface area contributed by atoms with Crippen LogP contribution in [0.15, 0.2) is 24.3 Å². The summed E-state index contributed by atoms with van der Waals surface area (Å²) in [5.41, 5.74) is 1.04. The Morgan fingerprint density at radius 1 is 1.36 bits per heavy atom. The van der Waals surface area contributed by atoms with E-state index in [1.807, 2.05) is 24.3 Å². The molecule has 2 atom stereocenters. The van der Waals surface area contributed by atoms with Gasteiger partial charge in [0.1, 0.15) is 18.4 Å². The van der Waals surface area contributed by atoms with E-state index in [9.17, 15) is 4.79 Å². The van der Waals surface area contributed by atoms with Crippen LogP contribution >= 0.6 is 11.8 Å². The zero-order valence-electron chi connectivity index (χ0n) is 12.5. The summed E-state index contributed by atoms with van der Waals surface area (Å²) in [5.74, 6) is 0.655. The maximum absolute atomic E-state index is 11.1. The average molecular weight is 322 g/mol. The Labute approximate surface area is 135 Å². The third-order valence-electron chi connectivity index (χ3n) is 4.15. The summed E-state index contributed by atoms with van der Waals surface area (Å²) in [6.07, 6.45) is 2.57. The van der Waals surface area contributed by atoms with Crippen LogP contribution in [0.1, 0.15) is 23.8 Å². The van der Waals surface area contributed by atoms with Crippen LogP contribution in [-0.4, -0.2) is 54.0 Å². The monoisotopic (exact) mass is 322 g/mol. The van der Waals surface area contributed by atoms with E-state index in [1.165, 1.54) is 25.9 Å². The fourth-order valence-electron chi connectivity index (χ4n) is 2.91. The van der Waals surface area contributed by atoms with E-state index in [1.54, 1.807) is 11.8 Å². The summed E-state index contributed by atoms with van der Waals surface area (Å²) in [5, 5.41) is 12.2. The van der Waals surface area contributed by atoms with Crippen LogP contribution in [0.5, 0.6) is 5.75 Å². The quantitative estimate of drug-likeness (QED) is 0.835. The van der Waals surface area contributed by atoms with Crippen molar-refractivity contribution in [2.45, 2.75) is 24.3 Å². The van der Waals surface area contributed by atoms with Gasteiger partial charge in [0, 0.05) is 17.9 Å². The normalized spacial score (nSPS) is 25.5. The summed E-state index contributed by atoms with van der Waals surface area (Å²) in [7, 11) is 0. The fraction of sp³-hybridized carbons (Fsp3) is 0.562. The number of hydrogen-bond donors (Lipinski definition) is 2. The molecule has 2 aliphatic heterocycles. The third kappa shape index (κ3) is 3.74. The molecule has 2 N–H and O–H groups in total. The van der Waals surface area contributed by atoms with E-state index < -0.39 is 12.0 Å². The Kier molecular flexibility index (Phi) is 5.23. The number of likely N-dealkylation sites (tertiary alicyclic amines) is 1. The number of rotatable bonds is 6. The minimum absolute atomic E-state index is 0.0101. The van der Waals surface area contributed by atoms with Crippen LogP contribution in [0, 0.1) is 0 Å². The third-order valence-corrected chi connectivity index (χ3v) is 5.39. The van der Waals surface area contributed by atoms with Gasteiger partial charge in [0.05, 0.1) is 5.37 Å². The Balaban J connectivity index is 1.59. The molecule has 0 aromatic heterocycles. The Hall–Kier alpha value is -1.24. The van der Waals surface area contributed by atoms with E-state index in [4.69, 9.17) is 9.84 Å². The summed E-state index contributed by atoms with van der Waals surface area (Å²) in [4.78, 5) is 13.5. The van der Waals surface area contributed by atoms with Gasteiger partial charge in [0.2, 0.25) is 0 Å². The number of aliphatic carboxylic acids is 1. The predicted molar refractivity (Wildman–Crippen MR) is 87.4 cm³/mol. The van der Waals surface area contributed by atoms with Crippen molar-refractivity contribution in [1.29, 1.82) is 0 Å². The van der Waals surface area contributed by atoms with E-state index in [2.05, 4.69) is 10.2 Å². The van der Waals surface area contributed by atoms with Gasteiger partial charge in [0.15, 0.2) is 0 Å². The highest BCUT2D eigenvalue weighted by atomic mass is 32.2. The molecule has 0 amide bonds. The maximum Gasteiger partial charge on any atom is 0.321 e. The second kappa shape index (κ2) is 7.35. The van der Waals surface area contributed by atoms with Crippen LogP contribution in [0.25, 0.3) is 0 Å². The van der Waals surface area contributed by atoms with Crippen LogP contribution in [0.3, 0.4) is 0 Å². The maximum atomic E-state index is 11.1. The molecule has 1 aromatic carbocycles. The highest BCUT2D eigenvalue weighted by Crippen LogP contribution is 2.37. The lowest BCUT2D eigenvalue weighted by atomic mass is 10.2. The Morgan fingerprint density at radius 3 is 2.86 bits per heavy atom. The van der Waals surface area contributed by atoms with Crippen molar-refractivity contribution in [2.24, 2.45) is 0 Å². The zero-order chi connectivity index (χ0) is 15.4. The number of para-hydroxylation sites is 1. The number of nitrogens with one attached hydrogen (secondary N) is 1. The molecule has 22 heavy (non-hydrogen) atoms. The first-order valence-corrected chi connectivity index (χ1v) is 8.83. The standard InChI is InChI=1S/C16H22N2O3S/c19-16(20)13-11-22-15(17-13)12-5-1-2-6-14(12)21-10-9-18-7-3-4-8-18/h1-2,5-6,13,15,17H,3-4,7-11H2,(H,19,20). The molecule has 0 spiro atoms. The topological polar surface area (TPSA) is 61.8 Å². The smallest absolute Gasteiger partial charge is 0.321 e. The fourth-order valence-corrected chi connectivity index (χ4v) is 4.17. The summed E-state index contributed by atoms with van der Waals surface area (Å²) in [6.45, 7) is 3.98. The lowest BCUT2D eigenvalue weighted by Crippen LogP contribution is -2.33. The van der Waals surface area contributed by atoms with Gasteiger partial charge in [-0.05, 0) is 32.0 Å². The molecule has 120 valence electrons. The second-order valence-corrected chi connectivity index (χ2v) is 6.84. The van der Waals surface area contributed by atoms with Gasteiger partial charge < -0.3 is 9.84 Å². The van der Waals surface area contributed by atoms with Gasteiger partial charge in [-0.15, -0.1) is 11.8 Å². The summed E-state index contributed by atoms with van der Waals surface area (Å²) in [6, 6.07) is 7.44. The van der Waals surface area contributed by atoms with Gasteiger partial charge in [-0.3, -0.25) is 15.0 Å². The molecule has 2 fully saturated rings. The minimum Gasteiger partial charge on any atom is -0.492 e. The first kappa shape index (κ1) is 15.6. The van der Waals surface area contributed by atoms with Crippen molar-refractivity contribution in [1.82, 2.24) is 10.2 Å². The number of benzene rings is 1. The minimum atomic E-state index is -0.789. The van der Waals surface area contributed by atoms with Gasteiger partial charge in [0.25, 0.3) is 0 Å². The first-order chi connectivity index (χ1) is 10.7. The van der Waals surface area contributed by atoms with Gasteiger partial charge in [-0.25, -0.2) is 0 Å². The van der Waals surface area contributed by atoms with Crippen LogP contribution in [0.4, 0.5) is 0 Å². The number of hydrogen-bond acceptors (Lipinski definition) is 5. The van der Waals surface area contributed by atoms with Gasteiger partial charge in [-0.1, -0.05) is 18.2 Å². The molecule has 3 rings (SSSR count). The molecular weight excluding hydrogens is 300 g/mol. The molecular formula is C16H22N2O3S. The molecule has 5 nitrogen and oxygen atoms in total. The number of carboxylic acids is 1. The number of carbonyl (C=O) groups is 1. The first-order valence-electron chi connectivity index (χ1n) is 7.78. The second-order valence-electron chi connectivity index (χ2n) is 5.71. The average Bonchev–Trinajstić information content (AvgIpc) is 3.19. The van der Waals surface area contributed by atoms with Gasteiger partial charge >= 0.3 is 5.97 Å². The summed E-state index contributed by atoms with van der Waals surface area (Å²) < 4.78 is 5.96. The molecule has 0 radical (unpaired) electrons. The SMILES string of the molecule is O=C(O)C1CSC(c2ccccc2OCCN2CCCC2)N1. The predicted octanol–water partition coefficient (Wildman–Crippen LogP) is 1.95. The summed E-state index contributed by atoms with van der Waals surface area (Å²) >= 11 is 1.62. The van der Waals surface area contributed by atoms with Crippen molar-refractivity contribution in [3.05, 3.63) is 29.8 Å². The molecule has 2 aliphatic rings. The molecule has 0 aliphatic carbocycles. The lowest BCUT2D eigenvalue weighted by molar-refractivity contribution is -0.138. The molecule has 2 heterocycles.